The maximum Gasteiger partial charge on any atom is 0.298 e. The molecule has 0 atom stereocenters. The van der Waals surface area contributed by atoms with Gasteiger partial charge < -0.3 is 4.98 Å². The molecule has 0 aliphatic carbocycles. The standard InChI is InChI=1S/C11H9N5OS4/c17-9(7-6-12-4-5-13-7)16(11(20)21)15(10(18)19)8-2-1-3-14-8/h1-6,14H,(H,18,19)(H,20,21). The first-order valence-electron chi connectivity index (χ1n) is 5.52. The van der Waals surface area contributed by atoms with Crippen molar-refractivity contribution in [2.75, 3.05) is 5.01 Å². The fraction of sp³-hybridized carbons (Fsp3) is 0. The lowest BCUT2D eigenvalue weighted by Crippen LogP contribution is -2.50. The summed E-state index contributed by atoms with van der Waals surface area (Å²) in [7, 11) is 0. The zero-order chi connectivity index (χ0) is 15.4. The number of nitrogens with zero attached hydrogens (tertiary/aromatic N) is 4. The van der Waals surface area contributed by atoms with E-state index in [1.54, 1.807) is 18.3 Å². The van der Waals surface area contributed by atoms with Gasteiger partial charge in [0.15, 0.2) is 8.64 Å². The molecule has 0 saturated heterocycles. The van der Waals surface area contributed by atoms with Crippen LogP contribution in [0.15, 0.2) is 36.9 Å². The molecule has 2 rings (SSSR count). The Balaban J connectivity index is 2.44. The molecule has 10 heteroatoms. The van der Waals surface area contributed by atoms with E-state index in [9.17, 15) is 4.79 Å². The summed E-state index contributed by atoms with van der Waals surface area (Å²) >= 11 is 18.3. The largest absolute Gasteiger partial charge is 0.347 e. The minimum atomic E-state index is -0.519. The number of rotatable bonds is 2. The van der Waals surface area contributed by atoms with Gasteiger partial charge in [-0.25, -0.2) is 9.99 Å². The van der Waals surface area contributed by atoms with E-state index < -0.39 is 5.91 Å². The fourth-order valence-electron chi connectivity index (χ4n) is 1.53. The number of hydrazine groups is 1. The Morgan fingerprint density at radius 2 is 2.00 bits per heavy atom. The van der Waals surface area contributed by atoms with Gasteiger partial charge in [-0.15, -0.1) is 25.3 Å². The van der Waals surface area contributed by atoms with Crippen LogP contribution in [0.1, 0.15) is 10.5 Å². The van der Waals surface area contributed by atoms with Crippen LogP contribution in [0.5, 0.6) is 0 Å². The van der Waals surface area contributed by atoms with Gasteiger partial charge in [0, 0.05) is 18.6 Å². The number of carbonyl (C=O) groups excluding carboxylic acids is 1. The molecule has 2 heterocycles. The van der Waals surface area contributed by atoms with Crippen LogP contribution in [0.25, 0.3) is 0 Å². The van der Waals surface area contributed by atoms with Gasteiger partial charge in [0.05, 0.1) is 6.20 Å². The van der Waals surface area contributed by atoms with Crippen LogP contribution in [0.4, 0.5) is 5.82 Å². The highest BCUT2D eigenvalue weighted by Crippen LogP contribution is 2.19. The first kappa shape index (κ1) is 15.9. The molecule has 108 valence electrons. The van der Waals surface area contributed by atoms with E-state index in [4.69, 9.17) is 24.4 Å². The smallest absolute Gasteiger partial charge is 0.298 e. The number of thiol groups is 2. The Kier molecular flexibility index (Phi) is 5.28. The lowest BCUT2D eigenvalue weighted by atomic mass is 10.4. The highest BCUT2D eigenvalue weighted by atomic mass is 32.1. The van der Waals surface area contributed by atoms with Crippen LogP contribution >= 0.6 is 49.7 Å². The highest BCUT2D eigenvalue weighted by Gasteiger charge is 2.29. The van der Waals surface area contributed by atoms with Crippen LogP contribution in [0.3, 0.4) is 0 Å². The zero-order valence-electron chi connectivity index (χ0n) is 10.4. The molecule has 0 aliphatic heterocycles. The summed E-state index contributed by atoms with van der Waals surface area (Å²) in [6.07, 6.45) is 5.88. The van der Waals surface area contributed by atoms with Crippen LogP contribution in [0.2, 0.25) is 0 Å². The van der Waals surface area contributed by atoms with Gasteiger partial charge in [-0.2, -0.15) is 5.01 Å². The van der Waals surface area contributed by atoms with Crippen LogP contribution in [0, 0.1) is 0 Å². The predicted molar refractivity (Wildman–Crippen MR) is 94.6 cm³/mol. The first-order valence-corrected chi connectivity index (χ1v) is 7.23. The van der Waals surface area contributed by atoms with Gasteiger partial charge in [0.2, 0.25) is 0 Å². The van der Waals surface area contributed by atoms with Crippen molar-refractivity contribution < 1.29 is 4.79 Å². The number of H-pyrrole nitrogens is 1. The molecule has 21 heavy (non-hydrogen) atoms. The second kappa shape index (κ2) is 6.98. The monoisotopic (exact) mass is 355 g/mol. The topological polar surface area (TPSA) is 65.1 Å². The Labute approximate surface area is 142 Å². The number of aromatic amines is 1. The van der Waals surface area contributed by atoms with Crippen molar-refractivity contribution in [2.45, 2.75) is 0 Å². The molecular weight excluding hydrogens is 346 g/mol. The molecular formula is C11H9N5OS4. The summed E-state index contributed by atoms with van der Waals surface area (Å²) in [6.45, 7) is 0. The molecule has 1 N–H and O–H groups in total. The fourth-order valence-corrected chi connectivity index (χ4v) is 2.25. The van der Waals surface area contributed by atoms with E-state index in [1.165, 1.54) is 23.6 Å². The van der Waals surface area contributed by atoms with E-state index in [1.807, 2.05) is 0 Å². The van der Waals surface area contributed by atoms with Gasteiger partial charge in [0.1, 0.15) is 11.5 Å². The molecule has 0 aromatic carbocycles. The Morgan fingerprint density at radius 1 is 1.24 bits per heavy atom. The Hall–Kier alpha value is -1.49. The summed E-state index contributed by atoms with van der Waals surface area (Å²) in [5.41, 5.74) is 0.107. The molecule has 0 unspecified atom stereocenters. The molecule has 0 spiro atoms. The number of carbonyl (C=O) groups is 1. The van der Waals surface area contributed by atoms with Crippen molar-refractivity contribution in [1.29, 1.82) is 0 Å². The molecule has 0 saturated carbocycles. The van der Waals surface area contributed by atoms with Crippen LogP contribution in [-0.4, -0.2) is 34.5 Å². The maximum absolute atomic E-state index is 12.6. The predicted octanol–water partition coefficient (Wildman–Crippen LogP) is 2.10. The van der Waals surface area contributed by atoms with E-state index in [0.717, 1.165) is 5.01 Å². The second-order valence-corrected chi connectivity index (χ2v) is 5.87. The Morgan fingerprint density at radius 3 is 2.48 bits per heavy atom. The molecule has 0 aliphatic rings. The molecule has 2 aromatic heterocycles. The van der Waals surface area contributed by atoms with Gasteiger partial charge in [-0.1, -0.05) is 24.4 Å². The van der Waals surface area contributed by atoms with Gasteiger partial charge in [0.25, 0.3) is 5.91 Å². The number of hydrogen-bond donors (Lipinski definition) is 3. The number of nitrogens with one attached hydrogen (secondary N) is 1. The number of amides is 1. The van der Waals surface area contributed by atoms with Crippen molar-refractivity contribution in [1.82, 2.24) is 20.0 Å². The highest BCUT2D eigenvalue weighted by molar-refractivity contribution is 8.12. The quantitative estimate of drug-likeness (QED) is 0.436. The Bertz CT molecular complexity index is 661. The second-order valence-electron chi connectivity index (χ2n) is 3.64. The average Bonchev–Trinajstić information content (AvgIpc) is 2.97. The lowest BCUT2D eigenvalue weighted by molar-refractivity contribution is 0.0850. The maximum atomic E-state index is 12.6. The molecule has 0 bridgehead atoms. The minimum absolute atomic E-state index is 0.00310. The van der Waals surface area contributed by atoms with E-state index in [0.29, 0.717) is 5.82 Å². The number of anilines is 1. The summed E-state index contributed by atoms with van der Waals surface area (Å²) in [6, 6.07) is 3.46. The zero-order valence-corrected chi connectivity index (χ0v) is 13.8. The third kappa shape index (κ3) is 3.59. The molecule has 6 nitrogen and oxygen atoms in total. The minimum Gasteiger partial charge on any atom is -0.347 e. The van der Waals surface area contributed by atoms with Crippen LogP contribution < -0.4 is 5.01 Å². The van der Waals surface area contributed by atoms with Crippen molar-refractivity contribution in [2.24, 2.45) is 0 Å². The number of thiocarbonyl (C=S) groups is 2. The number of hydrogen-bond acceptors (Lipinski definition) is 5. The van der Waals surface area contributed by atoms with Gasteiger partial charge in [-0.05, 0) is 12.1 Å². The SMILES string of the molecule is O=C(c1cnccn1)N(C(=S)S)N(C(=S)S)c1ccc[nH]1. The summed E-state index contributed by atoms with van der Waals surface area (Å²) in [5, 5.41) is 2.41. The normalized spacial score (nSPS) is 10.0. The van der Waals surface area contributed by atoms with Crippen molar-refractivity contribution in [3.8, 4) is 0 Å². The molecule has 1 amide bonds. The molecule has 0 radical (unpaired) electrons. The third-order valence-corrected chi connectivity index (χ3v) is 3.07. The summed E-state index contributed by atoms with van der Waals surface area (Å²) in [5.74, 6) is -0.00209. The van der Waals surface area contributed by atoms with Crippen molar-refractivity contribution in [3.63, 3.8) is 0 Å². The van der Waals surface area contributed by atoms with Gasteiger partial charge in [-0.3, -0.25) is 9.78 Å². The van der Waals surface area contributed by atoms with E-state index >= 15 is 0 Å². The van der Waals surface area contributed by atoms with Crippen molar-refractivity contribution >= 4 is 70.1 Å². The van der Waals surface area contributed by atoms with Gasteiger partial charge >= 0.3 is 0 Å². The van der Waals surface area contributed by atoms with Crippen molar-refractivity contribution in [3.05, 3.63) is 42.6 Å². The lowest BCUT2D eigenvalue weighted by Gasteiger charge is -2.32. The molecule has 2 aromatic rings. The van der Waals surface area contributed by atoms with E-state index in [-0.39, 0.29) is 14.3 Å². The summed E-state index contributed by atoms with van der Waals surface area (Å²) < 4.78 is 0.114. The molecule has 0 fully saturated rings. The average molecular weight is 355 g/mol. The van der Waals surface area contributed by atoms with E-state index in [2.05, 4.69) is 40.2 Å². The third-order valence-electron chi connectivity index (χ3n) is 2.35. The van der Waals surface area contributed by atoms with Crippen LogP contribution in [-0.2, 0) is 0 Å². The summed E-state index contributed by atoms with van der Waals surface area (Å²) in [4.78, 5) is 23.3. The number of aromatic nitrogens is 3. The first-order chi connectivity index (χ1) is 10.0.